The summed E-state index contributed by atoms with van der Waals surface area (Å²) in [7, 11) is -3.79. The Labute approximate surface area is 135 Å². The molecule has 1 amide bonds. The molecule has 2 aromatic rings. The molecule has 0 fully saturated rings. The number of carbonyl (C=O) groups is 1. The van der Waals surface area contributed by atoms with Crippen LogP contribution in [0.25, 0.3) is 0 Å². The molecule has 124 valence electrons. The molecule has 0 radical (unpaired) electrons. The lowest BCUT2D eigenvalue weighted by Gasteiger charge is -2.15. The van der Waals surface area contributed by atoms with Gasteiger partial charge in [-0.05, 0) is 39.3 Å². The zero-order valence-corrected chi connectivity index (χ0v) is 14.2. The lowest BCUT2D eigenvalue weighted by Crippen LogP contribution is -2.41. The van der Waals surface area contributed by atoms with E-state index >= 15 is 0 Å². The van der Waals surface area contributed by atoms with Crippen LogP contribution in [0.1, 0.15) is 23.8 Å². The van der Waals surface area contributed by atoms with E-state index in [1.54, 1.807) is 32.0 Å². The summed E-state index contributed by atoms with van der Waals surface area (Å²) >= 11 is 0. The number of aryl methyl sites for hydroxylation is 3. The molecular weight excluding hydrogens is 318 g/mol. The van der Waals surface area contributed by atoms with Crippen LogP contribution in [0.15, 0.2) is 33.7 Å². The van der Waals surface area contributed by atoms with Crippen LogP contribution in [0, 0.1) is 20.8 Å². The first-order valence-electron chi connectivity index (χ1n) is 7.03. The smallest absolute Gasteiger partial charge is 0.243 e. The molecule has 1 aromatic carbocycles. The van der Waals surface area contributed by atoms with Crippen LogP contribution in [0.5, 0.6) is 0 Å². The van der Waals surface area contributed by atoms with Gasteiger partial charge in [-0.3, -0.25) is 4.79 Å². The van der Waals surface area contributed by atoms with Crippen LogP contribution in [0.4, 0.5) is 5.82 Å². The molecule has 1 aromatic heterocycles. The van der Waals surface area contributed by atoms with Crippen LogP contribution in [-0.2, 0) is 14.8 Å². The highest BCUT2D eigenvalue weighted by Gasteiger charge is 2.24. The van der Waals surface area contributed by atoms with Gasteiger partial charge in [0.15, 0.2) is 5.82 Å². The Bertz CT molecular complexity index is 827. The van der Waals surface area contributed by atoms with Crippen molar-refractivity contribution in [1.29, 1.82) is 0 Å². The summed E-state index contributed by atoms with van der Waals surface area (Å²) in [6, 6.07) is 5.60. The van der Waals surface area contributed by atoms with Crippen LogP contribution in [0.3, 0.4) is 0 Å². The Hall–Kier alpha value is -2.19. The average Bonchev–Trinajstić information content (AvgIpc) is 2.82. The normalized spacial score (nSPS) is 12.9. The SMILES string of the molecule is Cc1ccc(S(=O)(=O)N[C@@H](C)C(=O)Nc2cc(C)on2)c(C)c1. The van der Waals surface area contributed by atoms with Crippen molar-refractivity contribution in [1.82, 2.24) is 9.88 Å². The van der Waals surface area contributed by atoms with Crippen molar-refractivity contribution in [3.8, 4) is 0 Å². The van der Waals surface area contributed by atoms with E-state index in [0.717, 1.165) is 5.56 Å². The number of sulfonamides is 1. The van der Waals surface area contributed by atoms with Gasteiger partial charge in [0.2, 0.25) is 15.9 Å². The molecule has 0 aliphatic heterocycles. The van der Waals surface area contributed by atoms with Crippen molar-refractivity contribution in [3.63, 3.8) is 0 Å². The van der Waals surface area contributed by atoms with Gasteiger partial charge in [-0.25, -0.2) is 8.42 Å². The molecule has 0 spiro atoms. The number of anilines is 1. The second kappa shape index (κ2) is 6.51. The molecule has 1 heterocycles. The molecule has 7 nitrogen and oxygen atoms in total. The first-order valence-corrected chi connectivity index (χ1v) is 8.51. The number of carbonyl (C=O) groups excluding carboxylic acids is 1. The maximum atomic E-state index is 12.4. The summed E-state index contributed by atoms with van der Waals surface area (Å²) < 4.78 is 32.0. The monoisotopic (exact) mass is 337 g/mol. The minimum absolute atomic E-state index is 0.153. The summed E-state index contributed by atoms with van der Waals surface area (Å²) in [5.74, 6) is 0.264. The van der Waals surface area contributed by atoms with E-state index in [1.165, 1.54) is 13.0 Å². The molecule has 1 atom stereocenters. The second-order valence-corrected chi connectivity index (χ2v) is 7.11. The first kappa shape index (κ1) is 17.2. The number of benzene rings is 1. The molecule has 0 aliphatic rings. The third kappa shape index (κ3) is 4.17. The summed E-state index contributed by atoms with van der Waals surface area (Å²) in [5.41, 5.74) is 1.59. The molecule has 0 saturated carbocycles. The largest absolute Gasteiger partial charge is 0.360 e. The topological polar surface area (TPSA) is 101 Å². The summed E-state index contributed by atoms with van der Waals surface area (Å²) in [6.45, 7) is 6.75. The zero-order valence-electron chi connectivity index (χ0n) is 13.4. The van der Waals surface area contributed by atoms with Crippen molar-refractivity contribution in [2.24, 2.45) is 0 Å². The van der Waals surface area contributed by atoms with Crippen LogP contribution < -0.4 is 10.0 Å². The third-order valence-electron chi connectivity index (χ3n) is 3.22. The molecule has 0 bridgehead atoms. The van der Waals surface area contributed by atoms with E-state index in [9.17, 15) is 13.2 Å². The lowest BCUT2D eigenvalue weighted by molar-refractivity contribution is -0.117. The van der Waals surface area contributed by atoms with Crippen LogP contribution >= 0.6 is 0 Å². The van der Waals surface area contributed by atoms with E-state index in [-0.39, 0.29) is 10.7 Å². The summed E-state index contributed by atoms with van der Waals surface area (Å²) in [4.78, 5) is 12.2. The number of hydrogen-bond donors (Lipinski definition) is 2. The third-order valence-corrected chi connectivity index (χ3v) is 4.93. The minimum atomic E-state index is -3.79. The Morgan fingerprint density at radius 2 is 1.91 bits per heavy atom. The predicted octanol–water partition coefficient (Wildman–Crippen LogP) is 1.91. The van der Waals surface area contributed by atoms with Crippen molar-refractivity contribution in [2.75, 3.05) is 5.32 Å². The summed E-state index contributed by atoms with van der Waals surface area (Å²) in [5, 5.41) is 6.12. The number of aromatic nitrogens is 1. The molecule has 2 rings (SSSR count). The fourth-order valence-electron chi connectivity index (χ4n) is 2.11. The highest BCUT2D eigenvalue weighted by atomic mass is 32.2. The Morgan fingerprint density at radius 3 is 2.48 bits per heavy atom. The van der Waals surface area contributed by atoms with Crippen LogP contribution in [-0.4, -0.2) is 25.5 Å². The quantitative estimate of drug-likeness (QED) is 0.868. The highest BCUT2D eigenvalue weighted by Crippen LogP contribution is 2.17. The average molecular weight is 337 g/mol. The van der Waals surface area contributed by atoms with Gasteiger partial charge in [-0.1, -0.05) is 22.9 Å². The van der Waals surface area contributed by atoms with Gasteiger partial charge in [-0.2, -0.15) is 4.72 Å². The number of nitrogens with zero attached hydrogens (tertiary/aromatic N) is 1. The van der Waals surface area contributed by atoms with E-state index in [4.69, 9.17) is 4.52 Å². The van der Waals surface area contributed by atoms with E-state index in [2.05, 4.69) is 15.2 Å². The van der Waals surface area contributed by atoms with Crippen molar-refractivity contribution >= 4 is 21.7 Å². The lowest BCUT2D eigenvalue weighted by atomic mass is 10.2. The van der Waals surface area contributed by atoms with Gasteiger partial charge >= 0.3 is 0 Å². The zero-order chi connectivity index (χ0) is 17.2. The van der Waals surface area contributed by atoms with Crippen LogP contribution in [0.2, 0.25) is 0 Å². The maximum absolute atomic E-state index is 12.4. The van der Waals surface area contributed by atoms with Gasteiger partial charge < -0.3 is 9.84 Å². The van der Waals surface area contributed by atoms with Gasteiger partial charge in [0.25, 0.3) is 0 Å². The molecule has 0 saturated heterocycles. The van der Waals surface area contributed by atoms with Gasteiger partial charge in [0, 0.05) is 6.07 Å². The molecule has 23 heavy (non-hydrogen) atoms. The van der Waals surface area contributed by atoms with Gasteiger partial charge in [0.1, 0.15) is 5.76 Å². The number of hydrogen-bond acceptors (Lipinski definition) is 5. The van der Waals surface area contributed by atoms with Gasteiger partial charge in [0.05, 0.1) is 10.9 Å². The number of nitrogens with one attached hydrogen (secondary N) is 2. The number of rotatable bonds is 5. The standard InChI is InChI=1S/C15H19N3O4S/c1-9-5-6-13(10(2)7-9)23(20,21)18-12(4)15(19)16-14-8-11(3)22-17-14/h5-8,12,18H,1-4H3,(H,16,17,19)/t12-/m0/s1. The molecular formula is C15H19N3O4S. The van der Waals surface area contributed by atoms with Crippen molar-refractivity contribution in [3.05, 3.63) is 41.2 Å². The first-order chi connectivity index (χ1) is 10.7. The minimum Gasteiger partial charge on any atom is -0.360 e. The fourth-order valence-corrected chi connectivity index (χ4v) is 3.54. The molecule has 8 heteroatoms. The second-order valence-electron chi connectivity index (χ2n) is 5.42. The van der Waals surface area contributed by atoms with Gasteiger partial charge in [-0.15, -0.1) is 0 Å². The van der Waals surface area contributed by atoms with Crippen molar-refractivity contribution < 1.29 is 17.7 Å². The molecule has 2 N–H and O–H groups in total. The highest BCUT2D eigenvalue weighted by molar-refractivity contribution is 7.89. The van der Waals surface area contributed by atoms with E-state index in [0.29, 0.717) is 11.3 Å². The Morgan fingerprint density at radius 1 is 1.22 bits per heavy atom. The maximum Gasteiger partial charge on any atom is 0.243 e. The predicted molar refractivity (Wildman–Crippen MR) is 85.6 cm³/mol. The van der Waals surface area contributed by atoms with E-state index < -0.39 is 22.0 Å². The Balaban J connectivity index is 2.11. The van der Waals surface area contributed by atoms with E-state index in [1.807, 2.05) is 6.92 Å². The molecule has 0 aliphatic carbocycles. The Kier molecular flexibility index (Phi) is 4.86. The molecule has 0 unspecified atom stereocenters. The van der Waals surface area contributed by atoms with Crippen molar-refractivity contribution in [2.45, 2.75) is 38.6 Å². The number of amides is 1. The fraction of sp³-hybridized carbons (Fsp3) is 0.333. The summed E-state index contributed by atoms with van der Waals surface area (Å²) in [6.07, 6.45) is 0.